The third-order valence-corrected chi connectivity index (χ3v) is 3.58. The maximum absolute atomic E-state index is 12.7. The summed E-state index contributed by atoms with van der Waals surface area (Å²) in [4.78, 5) is 4.37. The van der Waals surface area contributed by atoms with E-state index < -0.39 is 11.7 Å². The molecule has 0 saturated heterocycles. The molecule has 0 bridgehead atoms. The van der Waals surface area contributed by atoms with Crippen molar-refractivity contribution in [3.05, 3.63) is 59.9 Å². The summed E-state index contributed by atoms with van der Waals surface area (Å²) in [5.74, 6) is 1.19. The zero-order valence-electron chi connectivity index (χ0n) is 13.1. The highest BCUT2D eigenvalue weighted by Gasteiger charge is 2.30. The fourth-order valence-corrected chi connectivity index (χ4v) is 2.30. The molecular formula is C17H16F3N5. The van der Waals surface area contributed by atoms with Crippen molar-refractivity contribution in [2.45, 2.75) is 12.6 Å². The second-order valence-electron chi connectivity index (χ2n) is 5.48. The Morgan fingerprint density at radius 2 is 1.84 bits per heavy atom. The molecule has 0 aliphatic heterocycles. The number of H-pyrrole nitrogens is 1. The van der Waals surface area contributed by atoms with Crippen molar-refractivity contribution in [2.24, 2.45) is 0 Å². The summed E-state index contributed by atoms with van der Waals surface area (Å²) < 4.78 is 38.1. The molecule has 0 atom stereocenters. The Hall–Kier alpha value is -3.03. The number of nitrogens with zero attached hydrogens (tertiary/aromatic N) is 2. The van der Waals surface area contributed by atoms with Crippen LogP contribution in [0, 0.1) is 0 Å². The number of nitrogens with one attached hydrogen (secondary N) is 2. The van der Waals surface area contributed by atoms with Crippen LogP contribution in [0.4, 0.5) is 24.5 Å². The smallest absolute Gasteiger partial charge is 0.399 e. The summed E-state index contributed by atoms with van der Waals surface area (Å²) in [6.07, 6.45) is -3.85. The molecular weight excluding hydrogens is 331 g/mol. The molecule has 0 unspecified atom stereocenters. The molecule has 0 radical (unpaired) electrons. The van der Waals surface area contributed by atoms with Crippen LogP contribution in [0.5, 0.6) is 0 Å². The van der Waals surface area contributed by atoms with Gasteiger partial charge in [-0.15, -0.1) is 0 Å². The third kappa shape index (κ3) is 4.28. The highest BCUT2D eigenvalue weighted by molar-refractivity contribution is 5.58. The number of rotatable bonds is 5. The van der Waals surface area contributed by atoms with Crippen LogP contribution in [0.3, 0.4) is 0 Å². The van der Waals surface area contributed by atoms with Gasteiger partial charge >= 0.3 is 6.18 Å². The number of nitrogen functional groups attached to an aromatic ring is 1. The maximum atomic E-state index is 12.7. The Labute approximate surface area is 142 Å². The lowest BCUT2D eigenvalue weighted by atomic mass is 10.2. The Morgan fingerprint density at radius 1 is 1.08 bits per heavy atom. The molecule has 1 aromatic heterocycles. The molecule has 1 heterocycles. The van der Waals surface area contributed by atoms with Crippen LogP contribution in [0.1, 0.15) is 11.4 Å². The van der Waals surface area contributed by atoms with Crippen LogP contribution in [-0.2, 0) is 12.6 Å². The molecule has 5 nitrogen and oxygen atoms in total. The molecule has 0 aliphatic rings. The first-order valence-electron chi connectivity index (χ1n) is 7.60. The van der Waals surface area contributed by atoms with E-state index in [1.54, 1.807) is 18.2 Å². The monoisotopic (exact) mass is 347 g/mol. The lowest BCUT2D eigenvalue weighted by Gasteiger charge is -2.10. The normalized spacial score (nSPS) is 11.5. The molecule has 4 N–H and O–H groups in total. The van der Waals surface area contributed by atoms with Crippen molar-refractivity contribution in [1.82, 2.24) is 15.2 Å². The van der Waals surface area contributed by atoms with E-state index in [0.29, 0.717) is 36.0 Å². The fourth-order valence-electron chi connectivity index (χ4n) is 2.30. The van der Waals surface area contributed by atoms with Gasteiger partial charge in [0.15, 0.2) is 5.82 Å². The van der Waals surface area contributed by atoms with Gasteiger partial charge in [-0.25, -0.2) is 4.98 Å². The summed E-state index contributed by atoms with van der Waals surface area (Å²) in [5, 5.41) is 9.92. The van der Waals surface area contributed by atoms with E-state index in [0.717, 1.165) is 17.7 Å². The van der Waals surface area contributed by atoms with Gasteiger partial charge < -0.3 is 11.1 Å². The molecule has 0 amide bonds. The molecule has 3 aromatic rings. The molecule has 130 valence electrons. The van der Waals surface area contributed by atoms with E-state index in [-0.39, 0.29) is 0 Å². The van der Waals surface area contributed by atoms with Crippen LogP contribution in [-0.4, -0.2) is 21.7 Å². The second-order valence-corrected chi connectivity index (χ2v) is 5.48. The van der Waals surface area contributed by atoms with Crippen molar-refractivity contribution in [1.29, 1.82) is 0 Å². The van der Waals surface area contributed by atoms with Gasteiger partial charge in [-0.2, -0.15) is 18.3 Å². The Bertz CT molecular complexity index is 840. The first kappa shape index (κ1) is 16.8. The average Bonchev–Trinajstić information content (AvgIpc) is 3.04. The van der Waals surface area contributed by atoms with Gasteiger partial charge in [0.05, 0.1) is 5.56 Å². The van der Waals surface area contributed by atoms with Crippen LogP contribution in [0.15, 0.2) is 48.5 Å². The summed E-state index contributed by atoms with van der Waals surface area (Å²) >= 11 is 0. The molecule has 2 aromatic carbocycles. The van der Waals surface area contributed by atoms with E-state index in [4.69, 9.17) is 5.73 Å². The Kier molecular flexibility index (Phi) is 4.60. The van der Waals surface area contributed by atoms with E-state index >= 15 is 0 Å². The average molecular weight is 347 g/mol. The summed E-state index contributed by atoms with van der Waals surface area (Å²) in [6, 6.07) is 12.3. The zero-order valence-corrected chi connectivity index (χ0v) is 13.1. The zero-order chi connectivity index (χ0) is 17.9. The summed E-state index contributed by atoms with van der Waals surface area (Å²) in [5.41, 5.74) is 6.87. The number of anilines is 2. The van der Waals surface area contributed by atoms with Gasteiger partial charge in [-0.3, -0.25) is 5.10 Å². The van der Waals surface area contributed by atoms with Crippen molar-refractivity contribution < 1.29 is 13.2 Å². The van der Waals surface area contributed by atoms with Gasteiger partial charge in [-0.05, 0) is 42.5 Å². The van der Waals surface area contributed by atoms with Gasteiger partial charge in [0.2, 0.25) is 0 Å². The predicted molar refractivity (Wildman–Crippen MR) is 89.9 cm³/mol. The third-order valence-electron chi connectivity index (χ3n) is 3.58. The van der Waals surface area contributed by atoms with Gasteiger partial charge in [0, 0.05) is 29.9 Å². The molecule has 0 saturated carbocycles. The largest absolute Gasteiger partial charge is 0.416 e. The second kappa shape index (κ2) is 6.84. The number of benzene rings is 2. The maximum Gasteiger partial charge on any atom is 0.416 e. The highest BCUT2D eigenvalue weighted by atomic mass is 19.4. The number of aromatic amines is 1. The standard InChI is InChI=1S/C17H16F3N5/c18-17(19,20)12-2-1-3-14(10-12)22-9-8-15-23-16(25-24-15)11-4-6-13(21)7-5-11/h1-7,10,22H,8-9,21H2,(H,23,24,25). The Balaban J connectivity index is 1.59. The highest BCUT2D eigenvalue weighted by Crippen LogP contribution is 2.30. The number of aromatic nitrogens is 3. The van der Waals surface area contributed by atoms with Crippen molar-refractivity contribution >= 4 is 11.4 Å². The summed E-state index contributed by atoms with van der Waals surface area (Å²) in [6.45, 7) is 0.428. The molecule has 25 heavy (non-hydrogen) atoms. The molecule has 0 spiro atoms. The number of alkyl halides is 3. The Morgan fingerprint density at radius 3 is 2.56 bits per heavy atom. The molecule has 0 aliphatic carbocycles. The number of hydrogen-bond donors (Lipinski definition) is 3. The van der Waals surface area contributed by atoms with Crippen molar-refractivity contribution in [3.63, 3.8) is 0 Å². The first-order valence-corrected chi connectivity index (χ1v) is 7.60. The minimum atomic E-state index is -4.35. The molecule has 8 heteroatoms. The van der Waals surface area contributed by atoms with Crippen molar-refractivity contribution in [2.75, 3.05) is 17.6 Å². The van der Waals surface area contributed by atoms with E-state index in [9.17, 15) is 13.2 Å². The van der Waals surface area contributed by atoms with E-state index in [1.165, 1.54) is 6.07 Å². The summed E-state index contributed by atoms with van der Waals surface area (Å²) in [7, 11) is 0. The van der Waals surface area contributed by atoms with Gasteiger partial charge in [-0.1, -0.05) is 6.07 Å². The van der Waals surface area contributed by atoms with Crippen LogP contribution in [0.2, 0.25) is 0 Å². The quantitative estimate of drug-likeness (QED) is 0.615. The van der Waals surface area contributed by atoms with Gasteiger partial charge in [0.1, 0.15) is 5.82 Å². The van der Waals surface area contributed by atoms with Crippen molar-refractivity contribution in [3.8, 4) is 11.4 Å². The molecule has 3 rings (SSSR count). The number of nitrogens with two attached hydrogens (primary N) is 1. The predicted octanol–water partition coefficient (Wildman–Crippen LogP) is 3.73. The van der Waals surface area contributed by atoms with E-state index in [2.05, 4.69) is 20.5 Å². The van der Waals surface area contributed by atoms with Crippen LogP contribution >= 0.6 is 0 Å². The molecule has 0 fully saturated rings. The lowest BCUT2D eigenvalue weighted by Crippen LogP contribution is -2.09. The minimum Gasteiger partial charge on any atom is -0.399 e. The first-order chi connectivity index (χ1) is 11.9. The minimum absolute atomic E-state index is 0.410. The fraction of sp³-hybridized carbons (Fsp3) is 0.176. The number of halogens is 3. The SMILES string of the molecule is Nc1ccc(-c2n[nH]c(CCNc3cccc(C(F)(F)F)c3)n2)cc1. The van der Waals surface area contributed by atoms with E-state index in [1.807, 2.05) is 12.1 Å². The topological polar surface area (TPSA) is 79.6 Å². The lowest BCUT2D eigenvalue weighted by molar-refractivity contribution is -0.137. The van der Waals surface area contributed by atoms with Gasteiger partial charge in [0.25, 0.3) is 0 Å². The van der Waals surface area contributed by atoms with Crippen LogP contribution < -0.4 is 11.1 Å². The van der Waals surface area contributed by atoms with Crippen LogP contribution in [0.25, 0.3) is 11.4 Å². The number of hydrogen-bond acceptors (Lipinski definition) is 4.